The van der Waals surface area contributed by atoms with Crippen LogP contribution in [0.1, 0.15) is 58.1 Å². The summed E-state index contributed by atoms with van der Waals surface area (Å²) in [6.45, 7) is 0. The molecule has 0 bridgehead atoms. The summed E-state index contributed by atoms with van der Waals surface area (Å²) in [6.07, 6.45) is 4.26. The Hall–Kier alpha value is -5.40. The highest BCUT2D eigenvalue weighted by Crippen LogP contribution is 2.55. The highest BCUT2D eigenvalue weighted by atomic mass is 16.3. The Balaban J connectivity index is 1.16. The largest absolute Gasteiger partial charge is 0.456 e. The second-order valence-electron chi connectivity index (χ2n) is 13.4. The predicted octanol–water partition coefficient (Wildman–Crippen LogP) is 12.2. The van der Waals surface area contributed by atoms with Gasteiger partial charge in [0.15, 0.2) is 0 Å². The molecule has 224 valence electrons. The summed E-state index contributed by atoms with van der Waals surface area (Å²) in [7, 11) is 0. The number of aryl methyl sites for hydroxylation is 2. The highest BCUT2D eigenvalue weighted by molar-refractivity contribution is 6.05. The Bertz CT molecular complexity index is 2490. The van der Waals surface area contributed by atoms with Gasteiger partial charge in [-0.25, -0.2) is 0 Å². The van der Waals surface area contributed by atoms with E-state index in [-0.39, 0.29) is 0 Å². The molecule has 1 heterocycles. The lowest BCUT2D eigenvalue weighted by molar-refractivity contribution is 0.668. The van der Waals surface area contributed by atoms with Crippen LogP contribution in [-0.2, 0) is 12.8 Å². The molecule has 0 radical (unpaired) electrons. The van der Waals surface area contributed by atoms with E-state index in [0.717, 1.165) is 36.8 Å². The molecule has 7 aromatic carbocycles. The fraction of sp³-hybridized carbons (Fsp3) is 0.130. The minimum Gasteiger partial charge on any atom is -0.456 e. The molecule has 0 amide bonds. The Morgan fingerprint density at radius 2 is 1.32 bits per heavy atom. The topological polar surface area (TPSA) is 13.1 Å². The van der Waals surface area contributed by atoms with Gasteiger partial charge in [-0.2, -0.15) is 0 Å². The molecule has 2 aliphatic carbocycles. The van der Waals surface area contributed by atoms with Gasteiger partial charge in [0.2, 0.25) is 0 Å². The first-order valence-corrected chi connectivity index (χ1v) is 17.0. The van der Waals surface area contributed by atoms with Crippen molar-refractivity contribution >= 4 is 32.7 Å². The van der Waals surface area contributed by atoms with E-state index in [1.807, 2.05) is 0 Å². The molecule has 1 nitrogen and oxygen atoms in total. The fourth-order valence-corrected chi connectivity index (χ4v) is 8.88. The van der Waals surface area contributed by atoms with E-state index >= 15 is 0 Å². The van der Waals surface area contributed by atoms with Gasteiger partial charge in [-0.3, -0.25) is 0 Å². The molecule has 47 heavy (non-hydrogen) atoms. The number of hydrogen-bond donors (Lipinski definition) is 0. The van der Waals surface area contributed by atoms with Crippen LogP contribution in [0, 0.1) is 0 Å². The first-order chi connectivity index (χ1) is 23.3. The Morgan fingerprint density at radius 1 is 0.553 bits per heavy atom. The summed E-state index contributed by atoms with van der Waals surface area (Å²) in [5.74, 6) is 0.630. The summed E-state index contributed by atoms with van der Waals surface area (Å²) >= 11 is 0. The van der Waals surface area contributed by atoms with E-state index < -0.39 is 0 Å². The number of rotatable bonds is 4. The van der Waals surface area contributed by atoms with Crippen molar-refractivity contribution in [3.05, 3.63) is 179 Å². The average molecular weight is 603 g/mol. The molecule has 8 aromatic rings. The third-order valence-corrected chi connectivity index (χ3v) is 11.0. The molecule has 2 atom stereocenters. The monoisotopic (exact) mass is 602 g/mol. The molecule has 0 N–H and O–H groups in total. The molecule has 0 saturated carbocycles. The van der Waals surface area contributed by atoms with Gasteiger partial charge in [0, 0.05) is 22.6 Å². The van der Waals surface area contributed by atoms with Gasteiger partial charge in [0.25, 0.3) is 0 Å². The standard InChI is InChI=1S/C46H34O/c1-3-14-33-29(10-1)12-9-13-30(33)21-24-40-36-16-5-6-17-37(36)41-26-25-39-34(23-20-31-11-2-4-15-35(31)45(39)46(40)41)32-22-27-44-42(28-32)38-18-7-8-19-43(38)47-44/h1-19,22,25-28,34,40H,20-21,23-24H2. The predicted molar refractivity (Wildman–Crippen MR) is 195 cm³/mol. The molecular weight excluding hydrogens is 569 g/mol. The molecule has 0 spiro atoms. The van der Waals surface area contributed by atoms with Gasteiger partial charge in [0.1, 0.15) is 11.2 Å². The number of furan rings is 1. The lowest BCUT2D eigenvalue weighted by atomic mass is 9.79. The number of fused-ring (bicyclic) bond motifs is 11. The van der Waals surface area contributed by atoms with Crippen LogP contribution < -0.4 is 0 Å². The summed E-state index contributed by atoms with van der Waals surface area (Å²) in [6, 6.07) is 54.2. The first-order valence-electron chi connectivity index (χ1n) is 17.0. The fourth-order valence-electron chi connectivity index (χ4n) is 8.88. The van der Waals surface area contributed by atoms with Crippen molar-refractivity contribution in [2.24, 2.45) is 0 Å². The molecule has 2 aliphatic rings. The second-order valence-corrected chi connectivity index (χ2v) is 13.4. The maximum Gasteiger partial charge on any atom is 0.135 e. The Kier molecular flexibility index (Phi) is 6.02. The molecule has 0 fully saturated rings. The van der Waals surface area contributed by atoms with E-state index in [4.69, 9.17) is 4.42 Å². The van der Waals surface area contributed by atoms with Crippen LogP contribution in [0.3, 0.4) is 0 Å². The van der Waals surface area contributed by atoms with Crippen molar-refractivity contribution in [3.8, 4) is 22.3 Å². The van der Waals surface area contributed by atoms with Gasteiger partial charge in [-0.15, -0.1) is 0 Å². The Morgan fingerprint density at radius 3 is 2.28 bits per heavy atom. The van der Waals surface area contributed by atoms with Crippen molar-refractivity contribution in [3.63, 3.8) is 0 Å². The lowest BCUT2D eigenvalue weighted by Crippen LogP contribution is -2.06. The summed E-state index contributed by atoms with van der Waals surface area (Å²) in [5, 5.41) is 5.11. The minimum atomic E-state index is 0.295. The van der Waals surface area contributed by atoms with Crippen molar-refractivity contribution in [1.82, 2.24) is 0 Å². The quantitative estimate of drug-likeness (QED) is 0.195. The van der Waals surface area contributed by atoms with Crippen LogP contribution in [0.2, 0.25) is 0 Å². The molecule has 2 unspecified atom stereocenters. The van der Waals surface area contributed by atoms with Crippen LogP contribution in [0.15, 0.2) is 150 Å². The van der Waals surface area contributed by atoms with Crippen LogP contribution >= 0.6 is 0 Å². The van der Waals surface area contributed by atoms with Crippen LogP contribution in [0.5, 0.6) is 0 Å². The zero-order chi connectivity index (χ0) is 30.9. The van der Waals surface area contributed by atoms with Crippen molar-refractivity contribution in [2.45, 2.75) is 37.5 Å². The highest BCUT2D eigenvalue weighted by Gasteiger charge is 2.35. The molecule has 1 aromatic heterocycles. The van der Waals surface area contributed by atoms with E-state index in [1.54, 1.807) is 0 Å². The third-order valence-electron chi connectivity index (χ3n) is 11.0. The normalized spacial score (nSPS) is 16.5. The zero-order valence-corrected chi connectivity index (χ0v) is 26.2. The number of hydrogen-bond acceptors (Lipinski definition) is 1. The maximum atomic E-state index is 6.24. The summed E-state index contributed by atoms with van der Waals surface area (Å²) in [4.78, 5) is 0. The lowest BCUT2D eigenvalue weighted by Gasteiger charge is -2.24. The smallest absolute Gasteiger partial charge is 0.135 e. The van der Waals surface area contributed by atoms with Gasteiger partial charge in [-0.1, -0.05) is 127 Å². The SMILES string of the molecule is c1ccc2c(c1)CCC(c1ccc3oc4ccccc4c3c1)c1ccc3c(c1-2)C(CCc1cccc2ccccc12)c1ccccc1-3. The second kappa shape index (κ2) is 10.6. The average Bonchev–Trinajstić information content (AvgIpc) is 3.60. The summed E-state index contributed by atoms with van der Waals surface area (Å²) in [5.41, 5.74) is 16.4. The van der Waals surface area contributed by atoms with Crippen LogP contribution in [0.4, 0.5) is 0 Å². The molecule has 0 aliphatic heterocycles. The molecule has 10 rings (SSSR count). The van der Waals surface area contributed by atoms with Gasteiger partial charge < -0.3 is 4.42 Å². The number of benzene rings is 7. The molecule has 1 heteroatoms. The Labute approximate surface area is 275 Å². The third kappa shape index (κ3) is 4.16. The van der Waals surface area contributed by atoms with Gasteiger partial charge >= 0.3 is 0 Å². The van der Waals surface area contributed by atoms with Crippen molar-refractivity contribution in [1.29, 1.82) is 0 Å². The maximum absolute atomic E-state index is 6.24. The number of para-hydroxylation sites is 1. The van der Waals surface area contributed by atoms with Gasteiger partial charge in [-0.05, 0) is 110 Å². The van der Waals surface area contributed by atoms with Gasteiger partial charge in [0.05, 0.1) is 0 Å². The van der Waals surface area contributed by atoms with E-state index in [2.05, 4.69) is 146 Å². The van der Waals surface area contributed by atoms with E-state index in [1.165, 1.54) is 77.2 Å². The minimum absolute atomic E-state index is 0.295. The van der Waals surface area contributed by atoms with E-state index in [9.17, 15) is 0 Å². The van der Waals surface area contributed by atoms with E-state index in [0.29, 0.717) is 11.8 Å². The van der Waals surface area contributed by atoms with Crippen molar-refractivity contribution < 1.29 is 4.42 Å². The summed E-state index contributed by atoms with van der Waals surface area (Å²) < 4.78 is 6.24. The van der Waals surface area contributed by atoms with Crippen LogP contribution in [0.25, 0.3) is 55.0 Å². The molecular formula is C46H34O. The zero-order valence-electron chi connectivity index (χ0n) is 26.2. The molecule has 0 saturated heterocycles. The van der Waals surface area contributed by atoms with Crippen LogP contribution in [-0.4, -0.2) is 0 Å². The van der Waals surface area contributed by atoms with Crippen molar-refractivity contribution in [2.75, 3.05) is 0 Å². The first kappa shape index (κ1) is 26.8.